The van der Waals surface area contributed by atoms with Gasteiger partial charge in [-0.1, -0.05) is 6.07 Å². The summed E-state index contributed by atoms with van der Waals surface area (Å²) < 4.78 is 13.0. The van der Waals surface area contributed by atoms with Gasteiger partial charge in [0.25, 0.3) is 0 Å². The van der Waals surface area contributed by atoms with Gasteiger partial charge in [-0.25, -0.2) is 4.39 Å². The molecule has 1 aromatic rings. The molecule has 2 heteroatoms. The van der Waals surface area contributed by atoms with Crippen LogP contribution in [0.4, 0.5) is 4.39 Å². The van der Waals surface area contributed by atoms with Crippen LogP contribution in [0.5, 0.6) is 0 Å². The van der Waals surface area contributed by atoms with Crippen LogP contribution in [0, 0.1) is 5.82 Å². The van der Waals surface area contributed by atoms with Gasteiger partial charge >= 0.3 is 0 Å². The summed E-state index contributed by atoms with van der Waals surface area (Å²) in [5.74, 6) is 0.202. The second kappa shape index (κ2) is 4.09. The van der Waals surface area contributed by atoms with Gasteiger partial charge in [0.1, 0.15) is 5.82 Å². The van der Waals surface area contributed by atoms with E-state index in [2.05, 4.69) is 0 Å². The SMILES string of the molecule is OCCC1CCCc2ccc(F)cc21. The third-order valence-electron chi connectivity index (χ3n) is 3.02. The van der Waals surface area contributed by atoms with Gasteiger partial charge in [0, 0.05) is 6.61 Å². The number of rotatable bonds is 2. The van der Waals surface area contributed by atoms with Crippen LogP contribution in [0.2, 0.25) is 0 Å². The Balaban J connectivity index is 2.32. The second-order valence-corrected chi connectivity index (χ2v) is 3.94. The van der Waals surface area contributed by atoms with Gasteiger partial charge in [0.15, 0.2) is 0 Å². The summed E-state index contributed by atoms with van der Waals surface area (Å²) in [5.41, 5.74) is 2.38. The summed E-state index contributed by atoms with van der Waals surface area (Å²) in [4.78, 5) is 0. The van der Waals surface area contributed by atoms with Crippen molar-refractivity contribution in [2.45, 2.75) is 31.6 Å². The van der Waals surface area contributed by atoms with Gasteiger partial charge in [-0.2, -0.15) is 0 Å². The van der Waals surface area contributed by atoms with Crippen molar-refractivity contribution < 1.29 is 9.50 Å². The van der Waals surface area contributed by atoms with Gasteiger partial charge in [0.05, 0.1) is 0 Å². The number of halogens is 1. The molecular weight excluding hydrogens is 179 g/mol. The van der Waals surface area contributed by atoms with E-state index < -0.39 is 0 Å². The van der Waals surface area contributed by atoms with Crippen LogP contribution in [0.3, 0.4) is 0 Å². The number of aliphatic hydroxyl groups is 1. The molecule has 0 spiro atoms. The summed E-state index contributed by atoms with van der Waals surface area (Å²) >= 11 is 0. The molecule has 0 amide bonds. The van der Waals surface area contributed by atoms with E-state index in [4.69, 9.17) is 5.11 Å². The Morgan fingerprint density at radius 3 is 3.07 bits per heavy atom. The van der Waals surface area contributed by atoms with E-state index >= 15 is 0 Å². The molecule has 14 heavy (non-hydrogen) atoms. The number of hydrogen-bond donors (Lipinski definition) is 1. The van der Waals surface area contributed by atoms with E-state index in [9.17, 15) is 4.39 Å². The summed E-state index contributed by atoms with van der Waals surface area (Å²) in [6, 6.07) is 5.04. The van der Waals surface area contributed by atoms with E-state index in [1.807, 2.05) is 6.07 Å². The first-order valence-corrected chi connectivity index (χ1v) is 5.20. The number of hydrogen-bond acceptors (Lipinski definition) is 1. The van der Waals surface area contributed by atoms with Crippen LogP contribution < -0.4 is 0 Å². The molecule has 0 saturated heterocycles. The van der Waals surface area contributed by atoms with Gasteiger partial charge in [0.2, 0.25) is 0 Å². The van der Waals surface area contributed by atoms with Crippen LogP contribution in [0.15, 0.2) is 18.2 Å². The average molecular weight is 194 g/mol. The van der Waals surface area contributed by atoms with Gasteiger partial charge in [-0.3, -0.25) is 0 Å². The lowest BCUT2D eigenvalue weighted by molar-refractivity contribution is 0.269. The first-order chi connectivity index (χ1) is 6.81. The quantitative estimate of drug-likeness (QED) is 0.767. The van der Waals surface area contributed by atoms with Crippen LogP contribution in [0.1, 0.15) is 36.3 Å². The second-order valence-electron chi connectivity index (χ2n) is 3.94. The number of benzene rings is 1. The van der Waals surface area contributed by atoms with Crippen molar-refractivity contribution in [2.75, 3.05) is 6.61 Å². The summed E-state index contributed by atoms with van der Waals surface area (Å²) in [7, 11) is 0. The largest absolute Gasteiger partial charge is 0.396 e. The molecule has 0 heterocycles. The highest BCUT2D eigenvalue weighted by Crippen LogP contribution is 2.33. The van der Waals surface area contributed by atoms with Crippen LogP contribution in [-0.4, -0.2) is 11.7 Å². The Labute approximate surface area is 83.6 Å². The highest BCUT2D eigenvalue weighted by atomic mass is 19.1. The predicted octanol–water partition coefficient (Wildman–Crippen LogP) is 2.63. The topological polar surface area (TPSA) is 20.2 Å². The minimum Gasteiger partial charge on any atom is -0.396 e. The predicted molar refractivity (Wildman–Crippen MR) is 53.8 cm³/mol. The van der Waals surface area contributed by atoms with Crippen molar-refractivity contribution in [3.63, 3.8) is 0 Å². The van der Waals surface area contributed by atoms with Gasteiger partial charge in [-0.15, -0.1) is 0 Å². The summed E-state index contributed by atoms with van der Waals surface area (Å²) in [5, 5.41) is 8.92. The number of fused-ring (bicyclic) bond motifs is 1. The molecular formula is C12H15FO. The summed E-state index contributed by atoms with van der Waals surface area (Å²) in [6.45, 7) is 0.195. The molecule has 0 saturated carbocycles. The molecule has 1 N–H and O–H groups in total. The zero-order valence-electron chi connectivity index (χ0n) is 8.17. The first kappa shape index (κ1) is 9.66. The van der Waals surface area contributed by atoms with E-state index in [1.54, 1.807) is 6.07 Å². The molecule has 1 aromatic carbocycles. The third kappa shape index (κ3) is 1.80. The Hall–Kier alpha value is -0.890. The maximum Gasteiger partial charge on any atom is 0.123 e. The monoisotopic (exact) mass is 194 g/mol. The Morgan fingerprint density at radius 2 is 2.29 bits per heavy atom. The van der Waals surface area contributed by atoms with Gasteiger partial charge < -0.3 is 5.11 Å². The molecule has 1 unspecified atom stereocenters. The molecule has 76 valence electrons. The molecule has 1 nitrogen and oxygen atoms in total. The van der Waals surface area contributed by atoms with Crippen LogP contribution in [0.25, 0.3) is 0 Å². The van der Waals surface area contributed by atoms with Crippen LogP contribution >= 0.6 is 0 Å². The lowest BCUT2D eigenvalue weighted by Crippen LogP contribution is -2.11. The van der Waals surface area contributed by atoms with Gasteiger partial charge in [-0.05, 0) is 54.9 Å². The minimum absolute atomic E-state index is 0.159. The third-order valence-corrected chi connectivity index (χ3v) is 3.02. The van der Waals surface area contributed by atoms with Crippen molar-refractivity contribution in [3.05, 3.63) is 35.1 Å². The fourth-order valence-corrected chi connectivity index (χ4v) is 2.32. The minimum atomic E-state index is -0.159. The van der Waals surface area contributed by atoms with Crippen molar-refractivity contribution in [3.8, 4) is 0 Å². The van der Waals surface area contributed by atoms with Crippen LogP contribution in [-0.2, 0) is 6.42 Å². The molecule has 1 aliphatic rings. The summed E-state index contributed by atoms with van der Waals surface area (Å²) in [6.07, 6.45) is 4.05. The molecule has 0 bridgehead atoms. The average Bonchev–Trinajstić information content (AvgIpc) is 2.19. The Bertz CT molecular complexity index is 322. The normalized spacial score (nSPS) is 20.6. The molecule has 2 rings (SSSR count). The number of aryl methyl sites for hydroxylation is 1. The molecule has 1 atom stereocenters. The van der Waals surface area contributed by atoms with E-state index in [1.165, 1.54) is 11.6 Å². The Kier molecular flexibility index (Phi) is 2.82. The molecule has 0 radical (unpaired) electrons. The smallest absolute Gasteiger partial charge is 0.123 e. The Morgan fingerprint density at radius 1 is 1.43 bits per heavy atom. The number of aliphatic hydroxyl groups excluding tert-OH is 1. The fraction of sp³-hybridized carbons (Fsp3) is 0.500. The highest BCUT2D eigenvalue weighted by molar-refractivity contribution is 5.33. The molecule has 1 aliphatic carbocycles. The molecule has 0 aliphatic heterocycles. The van der Waals surface area contributed by atoms with E-state index in [0.29, 0.717) is 5.92 Å². The first-order valence-electron chi connectivity index (χ1n) is 5.20. The maximum atomic E-state index is 13.0. The maximum absolute atomic E-state index is 13.0. The van der Waals surface area contributed by atoms with E-state index in [0.717, 1.165) is 31.2 Å². The van der Waals surface area contributed by atoms with Crippen molar-refractivity contribution >= 4 is 0 Å². The standard InChI is InChI=1S/C12H15FO/c13-11-5-4-9-2-1-3-10(6-7-14)12(9)8-11/h4-5,8,10,14H,1-3,6-7H2. The lowest BCUT2D eigenvalue weighted by Gasteiger charge is -2.24. The lowest BCUT2D eigenvalue weighted by atomic mass is 9.81. The fourth-order valence-electron chi connectivity index (χ4n) is 2.32. The van der Waals surface area contributed by atoms with Crippen molar-refractivity contribution in [1.82, 2.24) is 0 Å². The molecule has 0 fully saturated rings. The van der Waals surface area contributed by atoms with Crippen molar-refractivity contribution in [2.24, 2.45) is 0 Å². The zero-order chi connectivity index (χ0) is 9.97. The molecule has 0 aromatic heterocycles. The van der Waals surface area contributed by atoms with Crippen molar-refractivity contribution in [1.29, 1.82) is 0 Å². The highest BCUT2D eigenvalue weighted by Gasteiger charge is 2.19. The van der Waals surface area contributed by atoms with E-state index in [-0.39, 0.29) is 12.4 Å². The zero-order valence-corrected chi connectivity index (χ0v) is 8.17.